The van der Waals surface area contributed by atoms with Crippen LogP contribution in [-0.4, -0.2) is 0 Å². The Morgan fingerprint density at radius 3 is 1.18 bits per heavy atom. The molecule has 12 heteroatoms. The predicted octanol–water partition coefficient (Wildman–Crippen LogP) is 8.99. The van der Waals surface area contributed by atoms with Gasteiger partial charge >= 0.3 is 23.2 Å². The number of hydrogen-bond acceptors (Lipinski definition) is 6. The van der Waals surface area contributed by atoms with Crippen molar-refractivity contribution in [3.05, 3.63) is 88.0 Å². The highest BCUT2D eigenvalue weighted by Crippen LogP contribution is 2.53. The summed E-state index contributed by atoms with van der Waals surface area (Å²) in [7, 11) is -4.24. The quantitative estimate of drug-likeness (QED) is 0.230. The average Bonchev–Trinajstić information content (AvgIpc) is 2.84. The molecule has 0 saturated heterocycles. The fourth-order valence-corrected chi connectivity index (χ4v) is 7.18. The molecular weight excluding hydrogens is 560 g/mol. The van der Waals surface area contributed by atoms with Gasteiger partial charge in [0.15, 0.2) is 0 Å². The summed E-state index contributed by atoms with van der Waals surface area (Å²) in [5.41, 5.74) is 6.12. The molecule has 0 aromatic heterocycles. The van der Waals surface area contributed by atoms with E-state index in [9.17, 15) is 0 Å². The Labute approximate surface area is 214 Å². The van der Waals surface area contributed by atoms with Crippen molar-refractivity contribution in [1.29, 1.82) is 0 Å². The number of fused-ring (bicyclic) bond motifs is 3. The Morgan fingerprint density at radius 2 is 0.853 bits per heavy atom. The maximum atomic E-state index is 6.05. The maximum Gasteiger partial charge on any atom is 0.338 e. The van der Waals surface area contributed by atoms with Gasteiger partial charge in [-0.2, -0.15) is 0 Å². The Kier molecular flexibility index (Phi) is 6.82. The normalized spacial score (nSPS) is 23.9. The van der Waals surface area contributed by atoms with Gasteiger partial charge < -0.3 is 27.1 Å². The molecule has 0 radical (unpaired) electrons. The summed E-state index contributed by atoms with van der Waals surface area (Å²) in [5, 5.41) is 0. The molecule has 0 fully saturated rings. The highest BCUT2D eigenvalue weighted by Gasteiger charge is 2.27. The van der Waals surface area contributed by atoms with Crippen LogP contribution in [0.5, 0.6) is 17.2 Å². The van der Waals surface area contributed by atoms with Crippen molar-refractivity contribution in [3.8, 4) is 17.2 Å². The van der Waals surface area contributed by atoms with Crippen LogP contribution >= 0.6 is 56.9 Å². The van der Waals surface area contributed by atoms with Gasteiger partial charge in [0.2, 0.25) is 0 Å². The van der Waals surface area contributed by atoms with E-state index in [1.807, 2.05) is 18.2 Å². The van der Waals surface area contributed by atoms with E-state index in [1.165, 1.54) is 0 Å². The Hall–Kier alpha value is -0.900. The van der Waals surface area contributed by atoms with E-state index in [-0.39, 0.29) is 5.92 Å². The van der Waals surface area contributed by atoms with Crippen LogP contribution in [-0.2, 0) is 33.4 Å². The highest BCUT2D eigenvalue weighted by atomic mass is 35.7. The molecule has 3 aromatic carbocycles. The summed E-state index contributed by atoms with van der Waals surface area (Å²) in [4.78, 5) is 0. The summed E-state index contributed by atoms with van der Waals surface area (Å²) >= 11 is 18.2. The number of halogens is 3. The zero-order chi connectivity index (χ0) is 23.2. The van der Waals surface area contributed by atoms with Crippen LogP contribution < -0.4 is 13.6 Å². The zero-order valence-corrected chi connectivity index (χ0v) is 22.3. The molecule has 3 atom stereocenters. The van der Waals surface area contributed by atoms with Crippen LogP contribution in [0.1, 0.15) is 39.3 Å². The van der Waals surface area contributed by atoms with Crippen molar-refractivity contribution in [2.45, 2.75) is 25.7 Å². The van der Waals surface area contributed by atoms with Gasteiger partial charge in [-0.15, -0.1) is 0 Å². The molecular formula is C22H16Cl3O6P3. The molecule has 0 amide bonds. The smallest absolute Gasteiger partial charge is 0.338 e. The van der Waals surface area contributed by atoms with Gasteiger partial charge in [-0.1, -0.05) is 18.2 Å². The first kappa shape index (κ1) is 23.5. The van der Waals surface area contributed by atoms with E-state index in [4.69, 9.17) is 60.9 Å². The van der Waals surface area contributed by atoms with E-state index in [1.54, 1.807) is 0 Å². The Bertz CT molecular complexity index is 1100. The highest BCUT2D eigenvalue weighted by molar-refractivity contribution is 7.76. The third kappa shape index (κ3) is 4.74. The van der Waals surface area contributed by atoms with Crippen molar-refractivity contribution in [2.24, 2.45) is 0 Å². The van der Waals surface area contributed by atoms with Gasteiger partial charge in [0.1, 0.15) is 17.2 Å². The molecule has 3 aliphatic rings. The largest absolute Gasteiger partial charge is 0.436 e. The molecule has 0 N–H and O–H groups in total. The van der Waals surface area contributed by atoms with E-state index in [0.717, 1.165) is 50.6 Å². The lowest BCUT2D eigenvalue weighted by Crippen LogP contribution is -2.10. The molecule has 176 valence electrons. The van der Waals surface area contributed by atoms with Crippen LogP contribution in [0, 0.1) is 0 Å². The van der Waals surface area contributed by atoms with Gasteiger partial charge in [-0.25, -0.2) is 0 Å². The molecule has 3 aromatic rings. The van der Waals surface area contributed by atoms with Gasteiger partial charge in [-0.3, -0.25) is 0 Å². The molecule has 3 aliphatic heterocycles. The zero-order valence-electron chi connectivity index (χ0n) is 17.3. The van der Waals surface area contributed by atoms with Crippen LogP contribution in [0.4, 0.5) is 0 Å². The molecule has 34 heavy (non-hydrogen) atoms. The van der Waals surface area contributed by atoms with Crippen LogP contribution in [0.3, 0.4) is 0 Å². The SMILES string of the molecule is ClP1OCc2cc(C(c3ccc4c(c3)COP(Cl)O4)c3ccc4c(c3)COP(Cl)O4)ccc2O1. The molecule has 3 heterocycles. The molecule has 0 spiro atoms. The second kappa shape index (κ2) is 9.87. The predicted molar refractivity (Wildman–Crippen MR) is 135 cm³/mol. The van der Waals surface area contributed by atoms with Crippen molar-refractivity contribution < 1.29 is 27.1 Å². The van der Waals surface area contributed by atoms with Gasteiger partial charge in [0.05, 0.1) is 19.8 Å². The lowest BCUT2D eigenvalue weighted by Gasteiger charge is -2.27. The average molecular weight is 576 g/mol. The minimum absolute atomic E-state index is 0.0841. The van der Waals surface area contributed by atoms with Gasteiger partial charge in [-0.05, 0) is 86.8 Å². The molecule has 6 nitrogen and oxygen atoms in total. The molecule has 0 bridgehead atoms. The van der Waals surface area contributed by atoms with Crippen molar-refractivity contribution in [1.82, 2.24) is 0 Å². The second-order valence-corrected chi connectivity index (χ2v) is 12.8. The Balaban J connectivity index is 1.45. The fourth-order valence-electron chi connectivity index (χ4n) is 4.19. The number of rotatable bonds is 3. The summed E-state index contributed by atoms with van der Waals surface area (Å²) in [6.45, 7) is 1.21. The van der Waals surface area contributed by atoms with Crippen LogP contribution in [0.2, 0.25) is 0 Å². The molecule has 0 saturated carbocycles. The van der Waals surface area contributed by atoms with E-state index >= 15 is 0 Å². The van der Waals surface area contributed by atoms with Gasteiger partial charge in [0, 0.05) is 22.6 Å². The van der Waals surface area contributed by atoms with Crippen LogP contribution in [0.15, 0.2) is 54.6 Å². The minimum atomic E-state index is -1.41. The number of hydrogen-bond donors (Lipinski definition) is 0. The van der Waals surface area contributed by atoms with Crippen LogP contribution in [0.25, 0.3) is 0 Å². The third-order valence-corrected chi connectivity index (χ3v) is 9.25. The first-order chi connectivity index (χ1) is 16.5. The maximum absolute atomic E-state index is 6.05. The van der Waals surface area contributed by atoms with Crippen molar-refractivity contribution in [3.63, 3.8) is 0 Å². The minimum Gasteiger partial charge on any atom is -0.436 e. The summed E-state index contributed by atoms with van der Waals surface area (Å²) in [5.74, 6) is 2.17. The monoisotopic (exact) mass is 574 g/mol. The summed E-state index contributed by atoms with van der Waals surface area (Å²) < 4.78 is 33.6. The third-order valence-electron chi connectivity index (χ3n) is 5.73. The summed E-state index contributed by atoms with van der Waals surface area (Å²) in [6.07, 6.45) is 0. The molecule has 0 aliphatic carbocycles. The van der Waals surface area contributed by atoms with Crippen molar-refractivity contribution >= 4 is 56.9 Å². The Morgan fingerprint density at radius 1 is 0.529 bits per heavy atom. The lowest BCUT2D eigenvalue weighted by molar-refractivity contribution is 0.288. The molecule has 3 unspecified atom stereocenters. The van der Waals surface area contributed by atoms with E-state index < -0.39 is 23.2 Å². The number of benzene rings is 3. The molecule has 6 rings (SSSR count). The standard InChI is InChI=1S/C22H16Cl3O6P3/c23-32-26-10-16-7-13(1-4-19(16)29-32)22(14-2-5-20-17(8-14)11-27-33(24)30-20)15-3-6-21-18(9-15)12-28-34(25)31-21/h1-9,22H,10-12H2. The lowest BCUT2D eigenvalue weighted by atomic mass is 9.83. The second-order valence-electron chi connectivity index (χ2n) is 7.77. The first-order valence-corrected chi connectivity index (χ1v) is 16.5. The van der Waals surface area contributed by atoms with E-state index in [2.05, 4.69) is 36.4 Å². The van der Waals surface area contributed by atoms with Gasteiger partial charge in [0.25, 0.3) is 0 Å². The fraction of sp³-hybridized carbons (Fsp3) is 0.182. The summed E-state index contributed by atoms with van der Waals surface area (Å²) in [6, 6.07) is 18.4. The van der Waals surface area contributed by atoms with E-state index in [0.29, 0.717) is 19.8 Å². The first-order valence-electron chi connectivity index (χ1n) is 10.2. The van der Waals surface area contributed by atoms with Crippen molar-refractivity contribution in [2.75, 3.05) is 0 Å². The topological polar surface area (TPSA) is 55.4 Å².